The lowest BCUT2D eigenvalue weighted by molar-refractivity contribution is -0.132. The van der Waals surface area contributed by atoms with Crippen LogP contribution >= 0.6 is 15.9 Å². The molecule has 0 aliphatic carbocycles. The fourth-order valence-corrected chi connectivity index (χ4v) is 2.23. The van der Waals surface area contributed by atoms with Crippen molar-refractivity contribution in [2.45, 2.75) is 25.6 Å². The Balaban J connectivity index is 2.77. The van der Waals surface area contributed by atoms with Gasteiger partial charge in [0, 0.05) is 24.1 Å². The first-order valence-corrected chi connectivity index (χ1v) is 6.33. The van der Waals surface area contributed by atoms with Gasteiger partial charge in [-0.1, -0.05) is 6.07 Å². The smallest absolute Gasteiger partial charge is 0.373 e. The normalized spacial score (nSPS) is 13.5. The summed E-state index contributed by atoms with van der Waals surface area (Å²) in [5, 5.41) is 0. The molecule has 6 heteroatoms. The molecule has 1 aromatic carbocycles. The number of alkyl halides is 3. The van der Waals surface area contributed by atoms with E-state index in [0.29, 0.717) is 0 Å². The maximum Gasteiger partial charge on any atom is 0.390 e. The molecule has 2 nitrogen and oxygen atoms in total. The van der Waals surface area contributed by atoms with Crippen LogP contribution in [0.5, 0.6) is 0 Å². The number of nitrogens with two attached hydrogens (primary N) is 1. The quantitative estimate of drug-likeness (QED) is 0.911. The van der Waals surface area contributed by atoms with E-state index in [1.54, 1.807) is 18.0 Å². The fraction of sp³-hybridized carbons (Fsp3) is 0.500. The molecule has 0 amide bonds. The number of anilines is 1. The molecular formula is C12H16BrF3N2. The van der Waals surface area contributed by atoms with Gasteiger partial charge < -0.3 is 10.6 Å². The van der Waals surface area contributed by atoms with E-state index >= 15 is 0 Å². The third-order valence-electron chi connectivity index (χ3n) is 2.64. The van der Waals surface area contributed by atoms with Crippen molar-refractivity contribution in [1.29, 1.82) is 0 Å². The van der Waals surface area contributed by atoms with Gasteiger partial charge in [0.2, 0.25) is 0 Å². The number of hydrogen-bond acceptors (Lipinski definition) is 2. The van der Waals surface area contributed by atoms with Gasteiger partial charge in [0.15, 0.2) is 0 Å². The molecule has 0 aromatic heterocycles. The minimum atomic E-state index is -4.13. The van der Waals surface area contributed by atoms with Crippen molar-refractivity contribution < 1.29 is 13.2 Å². The number of benzene rings is 1. The minimum Gasteiger partial charge on any atom is -0.373 e. The van der Waals surface area contributed by atoms with Crippen LogP contribution in [0.4, 0.5) is 18.9 Å². The highest BCUT2D eigenvalue weighted by atomic mass is 79.9. The maximum atomic E-state index is 12.1. The van der Waals surface area contributed by atoms with Crippen LogP contribution in [0, 0.1) is 0 Å². The molecule has 2 N–H and O–H groups in total. The summed E-state index contributed by atoms with van der Waals surface area (Å²) in [6.07, 6.45) is -4.96. The van der Waals surface area contributed by atoms with Gasteiger partial charge in [-0.25, -0.2) is 0 Å². The molecule has 0 saturated heterocycles. The summed E-state index contributed by atoms with van der Waals surface area (Å²) in [5.41, 5.74) is 7.41. The van der Waals surface area contributed by atoms with E-state index < -0.39 is 12.6 Å². The van der Waals surface area contributed by atoms with Gasteiger partial charge in [-0.15, -0.1) is 0 Å². The molecule has 1 unspecified atom stereocenters. The molecule has 102 valence electrons. The van der Waals surface area contributed by atoms with Crippen LogP contribution in [-0.2, 0) is 0 Å². The van der Waals surface area contributed by atoms with Crippen LogP contribution in [0.15, 0.2) is 22.7 Å². The number of hydrogen-bond donors (Lipinski definition) is 1. The predicted molar refractivity (Wildman–Crippen MR) is 70.7 cm³/mol. The van der Waals surface area contributed by atoms with Gasteiger partial charge in [-0.2, -0.15) is 13.2 Å². The summed E-state index contributed by atoms with van der Waals surface area (Å²) in [6, 6.07) is 5.34. The molecule has 0 bridgehead atoms. The molecule has 0 aliphatic rings. The third-order valence-corrected chi connectivity index (χ3v) is 3.27. The molecule has 0 heterocycles. The summed E-state index contributed by atoms with van der Waals surface area (Å²) in [5.74, 6) is 0. The van der Waals surface area contributed by atoms with Crippen LogP contribution in [0.2, 0.25) is 0 Å². The van der Waals surface area contributed by atoms with E-state index in [4.69, 9.17) is 5.73 Å². The first-order chi connectivity index (χ1) is 8.20. The van der Waals surface area contributed by atoms with Crippen LogP contribution in [0.1, 0.15) is 24.9 Å². The molecule has 0 aliphatic heterocycles. The Morgan fingerprint density at radius 1 is 1.39 bits per heavy atom. The Morgan fingerprint density at radius 3 is 2.44 bits per heavy atom. The summed E-state index contributed by atoms with van der Waals surface area (Å²) in [6.45, 7) is 1.79. The highest BCUT2D eigenvalue weighted by Crippen LogP contribution is 2.29. The van der Waals surface area contributed by atoms with E-state index in [0.717, 1.165) is 15.7 Å². The van der Waals surface area contributed by atoms with Gasteiger partial charge in [0.1, 0.15) is 0 Å². The molecule has 1 atom stereocenters. The van der Waals surface area contributed by atoms with E-state index in [9.17, 15) is 13.2 Å². The number of nitrogens with zero attached hydrogens (tertiary/aromatic N) is 1. The highest BCUT2D eigenvalue weighted by Gasteiger charge is 2.27. The van der Waals surface area contributed by atoms with Gasteiger partial charge in [-0.3, -0.25) is 0 Å². The number of halogens is 4. The van der Waals surface area contributed by atoms with Gasteiger partial charge >= 0.3 is 6.18 Å². The second kappa shape index (κ2) is 5.93. The Bertz CT molecular complexity index is 405. The monoisotopic (exact) mass is 324 g/mol. The fourth-order valence-electron chi connectivity index (χ4n) is 1.53. The maximum absolute atomic E-state index is 12.1. The van der Waals surface area contributed by atoms with Gasteiger partial charge in [0.25, 0.3) is 0 Å². The first kappa shape index (κ1) is 15.3. The highest BCUT2D eigenvalue weighted by molar-refractivity contribution is 9.10. The zero-order chi connectivity index (χ0) is 13.9. The van der Waals surface area contributed by atoms with Crippen molar-refractivity contribution in [2.75, 3.05) is 18.5 Å². The molecular weight excluding hydrogens is 309 g/mol. The molecule has 0 saturated carbocycles. The zero-order valence-corrected chi connectivity index (χ0v) is 11.8. The largest absolute Gasteiger partial charge is 0.390 e. The lowest BCUT2D eigenvalue weighted by Gasteiger charge is -2.22. The molecule has 18 heavy (non-hydrogen) atoms. The molecule has 0 spiro atoms. The lowest BCUT2D eigenvalue weighted by atomic mass is 10.1. The van der Waals surface area contributed by atoms with Crippen molar-refractivity contribution in [3.63, 3.8) is 0 Å². The van der Waals surface area contributed by atoms with Crippen molar-refractivity contribution in [1.82, 2.24) is 0 Å². The van der Waals surface area contributed by atoms with E-state index in [2.05, 4.69) is 15.9 Å². The summed E-state index contributed by atoms with van der Waals surface area (Å²) < 4.78 is 37.2. The Morgan fingerprint density at radius 2 is 2.00 bits per heavy atom. The van der Waals surface area contributed by atoms with E-state index in [1.807, 2.05) is 19.1 Å². The molecule has 0 fully saturated rings. The summed E-state index contributed by atoms with van der Waals surface area (Å²) in [4.78, 5) is 1.57. The van der Waals surface area contributed by atoms with E-state index in [1.165, 1.54) is 0 Å². The van der Waals surface area contributed by atoms with Gasteiger partial charge in [-0.05, 0) is 40.5 Å². The predicted octanol–water partition coefficient (Wildman–Crippen LogP) is 3.86. The van der Waals surface area contributed by atoms with Crippen LogP contribution < -0.4 is 10.6 Å². The average Bonchev–Trinajstić information content (AvgIpc) is 2.24. The van der Waals surface area contributed by atoms with Gasteiger partial charge in [0.05, 0.1) is 12.1 Å². The van der Waals surface area contributed by atoms with Crippen LogP contribution in [-0.4, -0.2) is 19.8 Å². The molecule has 1 aromatic rings. The van der Waals surface area contributed by atoms with Crippen molar-refractivity contribution in [3.05, 3.63) is 28.2 Å². The molecule has 1 rings (SSSR count). The van der Waals surface area contributed by atoms with E-state index in [-0.39, 0.29) is 12.6 Å². The van der Waals surface area contributed by atoms with Crippen LogP contribution in [0.3, 0.4) is 0 Å². The first-order valence-electron chi connectivity index (χ1n) is 5.53. The van der Waals surface area contributed by atoms with Crippen molar-refractivity contribution in [2.24, 2.45) is 5.73 Å². The number of rotatable bonds is 4. The summed E-state index contributed by atoms with van der Waals surface area (Å²) in [7, 11) is 1.64. The topological polar surface area (TPSA) is 29.3 Å². The second-order valence-corrected chi connectivity index (χ2v) is 5.14. The summed E-state index contributed by atoms with van der Waals surface area (Å²) >= 11 is 3.36. The Kier molecular flexibility index (Phi) is 5.04. The standard InChI is InChI=1S/C12H16BrF3N2/c1-8(17)9-3-4-11(10(13)7-9)18(2)6-5-12(14,15)16/h3-4,7-8H,5-6,17H2,1-2H3. The zero-order valence-electron chi connectivity index (χ0n) is 10.3. The van der Waals surface area contributed by atoms with Crippen molar-refractivity contribution in [3.8, 4) is 0 Å². The lowest BCUT2D eigenvalue weighted by Crippen LogP contribution is -2.24. The van der Waals surface area contributed by atoms with Crippen molar-refractivity contribution >= 4 is 21.6 Å². The Hall–Kier alpha value is -0.750. The minimum absolute atomic E-state index is 0.0698. The SMILES string of the molecule is CC(N)c1ccc(N(C)CCC(F)(F)F)c(Br)c1. The average molecular weight is 325 g/mol. The second-order valence-electron chi connectivity index (χ2n) is 4.29. The molecule has 0 radical (unpaired) electrons. The van der Waals surface area contributed by atoms with Crippen LogP contribution in [0.25, 0.3) is 0 Å². The third kappa shape index (κ3) is 4.49. The Labute approximate surface area is 113 Å².